The number of amides is 1. The molecule has 1 N–H and O–H groups in total. The fourth-order valence-electron chi connectivity index (χ4n) is 2.60. The molecule has 1 aromatic heterocycles. The Morgan fingerprint density at radius 3 is 2.69 bits per heavy atom. The molecule has 0 radical (unpaired) electrons. The van der Waals surface area contributed by atoms with E-state index in [4.69, 9.17) is 11.6 Å². The van der Waals surface area contributed by atoms with Gasteiger partial charge in [0.1, 0.15) is 5.15 Å². The Bertz CT molecular complexity index is 1050. The van der Waals surface area contributed by atoms with Gasteiger partial charge in [0.15, 0.2) is 0 Å². The molecule has 4 nitrogen and oxygen atoms in total. The number of carbonyl (C=O) groups is 1. The van der Waals surface area contributed by atoms with E-state index in [1.54, 1.807) is 12.4 Å². The summed E-state index contributed by atoms with van der Waals surface area (Å²) in [4.78, 5) is 22.2. The van der Waals surface area contributed by atoms with Crippen molar-refractivity contribution >= 4 is 46.9 Å². The first-order valence-electron chi connectivity index (χ1n) is 9.22. The Hall–Kier alpha value is -2.63. The predicted molar refractivity (Wildman–Crippen MR) is 123 cm³/mol. The number of hydrogen-bond donors (Lipinski definition) is 1. The zero-order valence-electron chi connectivity index (χ0n) is 16.5. The second-order valence-electron chi connectivity index (χ2n) is 6.66. The average Bonchev–Trinajstić information content (AvgIpc) is 2.71. The third-order valence-corrected chi connectivity index (χ3v) is 5.93. The van der Waals surface area contributed by atoms with Crippen LogP contribution in [0.1, 0.15) is 23.6 Å². The quantitative estimate of drug-likeness (QED) is 0.291. The number of carbonyl (C=O) groups excluding carboxylic acids is 1. The first kappa shape index (κ1) is 21.1. The van der Waals surface area contributed by atoms with E-state index >= 15 is 0 Å². The predicted octanol–water partition coefficient (Wildman–Crippen LogP) is 6.22. The van der Waals surface area contributed by atoms with E-state index in [1.165, 1.54) is 17.3 Å². The van der Waals surface area contributed by atoms with Crippen molar-refractivity contribution in [2.24, 2.45) is 4.99 Å². The molecule has 1 atom stereocenters. The molecule has 0 saturated carbocycles. The lowest BCUT2D eigenvalue weighted by molar-refractivity contribution is -0.115. The van der Waals surface area contributed by atoms with Gasteiger partial charge in [-0.25, -0.2) is 4.98 Å². The van der Waals surface area contributed by atoms with Crippen molar-refractivity contribution in [3.8, 4) is 0 Å². The van der Waals surface area contributed by atoms with Crippen molar-refractivity contribution in [1.82, 2.24) is 4.98 Å². The summed E-state index contributed by atoms with van der Waals surface area (Å²) < 4.78 is 0. The van der Waals surface area contributed by atoms with Gasteiger partial charge in [0, 0.05) is 28.6 Å². The van der Waals surface area contributed by atoms with Gasteiger partial charge in [-0.15, -0.1) is 11.8 Å². The van der Waals surface area contributed by atoms with Crippen molar-refractivity contribution < 1.29 is 4.79 Å². The van der Waals surface area contributed by atoms with Crippen LogP contribution in [-0.4, -0.2) is 22.4 Å². The summed E-state index contributed by atoms with van der Waals surface area (Å²) >= 11 is 7.56. The maximum absolute atomic E-state index is 12.7. The molecule has 3 aromatic rings. The normalized spacial score (nSPS) is 12.1. The number of thioether (sulfide) groups is 1. The molecule has 0 fully saturated rings. The standard InChI is InChI=1S/C23H22ClN3OS/c1-15-10-11-19(13-16(15)2)27-23(28)17(3)29-21-9-5-4-8-20(21)26-14-18-7-6-12-25-22(18)24/h4-14,17H,1-3H3,(H,27,28)/t17-/m1/s1. The van der Waals surface area contributed by atoms with Gasteiger partial charge in [-0.2, -0.15) is 0 Å². The lowest BCUT2D eigenvalue weighted by Gasteiger charge is -2.14. The lowest BCUT2D eigenvalue weighted by Crippen LogP contribution is -2.22. The Morgan fingerprint density at radius 1 is 1.14 bits per heavy atom. The minimum absolute atomic E-state index is 0.0488. The van der Waals surface area contributed by atoms with E-state index in [-0.39, 0.29) is 11.2 Å². The molecule has 1 amide bonds. The van der Waals surface area contributed by atoms with Crippen molar-refractivity contribution in [2.45, 2.75) is 30.9 Å². The molecule has 2 aromatic carbocycles. The van der Waals surface area contributed by atoms with Crippen molar-refractivity contribution in [3.63, 3.8) is 0 Å². The zero-order chi connectivity index (χ0) is 20.8. The van der Waals surface area contributed by atoms with Gasteiger partial charge in [-0.05, 0) is 68.3 Å². The van der Waals surface area contributed by atoms with Crippen LogP contribution in [0.2, 0.25) is 5.15 Å². The van der Waals surface area contributed by atoms with Crippen LogP contribution in [0.25, 0.3) is 0 Å². The maximum atomic E-state index is 12.7. The number of hydrogen-bond acceptors (Lipinski definition) is 4. The minimum atomic E-state index is -0.282. The van der Waals surface area contributed by atoms with Gasteiger partial charge < -0.3 is 5.32 Å². The highest BCUT2D eigenvalue weighted by atomic mass is 35.5. The monoisotopic (exact) mass is 423 g/mol. The number of halogens is 1. The van der Waals surface area contributed by atoms with Crippen LogP contribution < -0.4 is 5.32 Å². The first-order valence-corrected chi connectivity index (χ1v) is 10.5. The van der Waals surface area contributed by atoms with Crippen LogP contribution in [0.15, 0.2) is 70.7 Å². The fraction of sp³-hybridized carbons (Fsp3) is 0.174. The van der Waals surface area contributed by atoms with Crippen molar-refractivity contribution in [2.75, 3.05) is 5.32 Å². The van der Waals surface area contributed by atoms with Gasteiger partial charge in [0.05, 0.1) is 10.9 Å². The molecule has 3 rings (SSSR count). The summed E-state index contributed by atoms with van der Waals surface area (Å²) in [6.45, 7) is 5.97. The number of benzene rings is 2. The Morgan fingerprint density at radius 2 is 1.93 bits per heavy atom. The van der Waals surface area contributed by atoms with Crippen LogP contribution in [0.3, 0.4) is 0 Å². The molecule has 0 saturated heterocycles. The van der Waals surface area contributed by atoms with Crippen LogP contribution in [0.5, 0.6) is 0 Å². The number of anilines is 1. The molecular formula is C23H22ClN3OS. The molecule has 29 heavy (non-hydrogen) atoms. The van der Waals surface area contributed by atoms with E-state index < -0.39 is 0 Å². The molecule has 0 aliphatic carbocycles. The molecule has 0 bridgehead atoms. The molecule has 0 unspecified atom stereocenters. The largest absolute Gasteiger partial charge is 0.325 e. The van der Waals surface area contributed by atoms with Gasteiger partial charge in [0.25, 0.3) is 0 Å². The second kappa shape index (κ2) is 9.72. The van der Waals surface area contributed by atoms with E-state index in [0.717, 1.165) is 27.4 Å². The van der Waals surface area contributed by atoms with Crippen LogP contribution >= 0.6 is 23.4 Å². The first-order chi connectivity index (χ1) is 13.9. The van der Waals surface area contributed by atoms with Crippen LogP contribution in [0.4, 0.5) is 11.4 Å². The summed E-state index contributed by atoms with van der Waals surface area (Å²) in [5.41, 5.74) is 4.68. The molecular weight excluding hydrogens is 402 g/mol. The highest BCUT2D eigenvalue weighted by Crippen LogP contribution is 2.33. The number of pyridine rings is 1. The summed E-state index contributed by atoms with van der Waals surface area (Å²) in [6, 6.07) is 17.3. The van der Waals surface area contributed by atoms with Crippen molar-refractivity contribution in [1.29, 1.82) is 0 Å². The van der Waals surface area contributed by atoms with Crippen LogP contribution in [0, 0.1) is 13.8 Å². The highest BCUT2D eigenvalue weighted by molar-refractivity contribution is 8.00. The number of rotatable bonds is 6. The molecule has 1 heterocycles. The van der Waals surface area contributed by atoms with E-state index in [9.17, 15) is 4.79 Å². The number of aryl methyl sites for hydroxylation is 2. The number of nitrogens with one attached hydrogen (secondary N) is 1. The average molecular weight is 424 g/mol. The Kier molecular flexibility index (Phi) is 7.07. The van der Waals surface area contributed by atoms with Gasteiger partial charge in [0.2, 0.25) is 5.91 Å². The van der Waals surface area contributed by atoms with Crippen LogP contribution in [-0.2, 0) is 4.79 Å². The number of aromatic nitrogens is 1. The third-order valence-electron chi connectivity index (χ3n) is 4.44. The number of para-hydroxylation sites is 1. The second-order valence-corrected chi connectivity index (χ2v) is 8.40. The summed E-state index contributed by atoms with van der Waals surface area (Å²) in [5, 5.41) is 3.11. The Labute approximate surface area is 180 Å². The number of nitrogens with zero attached hydrogens (tertiary/aromatic N) is 2. The van der Waals surface area contributed by atoms with E-state index in [1.807, 2.05) is 68.4 Å². The van der Waals surface area contributed by atoms with E-state index in [2.05, 4.69) is 22.2 Å². The van der Waals surface area contributed by atoms with Gasteiger partial charge in [-0.1, -0.05) is 29.8 Å². The smallest absolute Gasteiger partial charge is 0.237 e. The molecule has 0 aliphatic rings. The summed E-state index contributed by atoms with van der Waals surface area (Å²) in [6.07, 6.45) is 3.33. The third kappa shape index (κ3) is 5.68. The molecule has 0 aliphatic heterocycles. The SMILES string of the molecule is Cc1ccc(NC(=O)[C@@H](C)Sc2ccccc2N=Cc2cccnc2Cl)cc1C. The maximum Gasteiger partial charge on any atom is 0.237 e. The lowest BCUT2D eigenvalue weighted by atomic mass is 10.1. The van der Waals surface area contributed by atoms with Gasteiger partial charge >= 0.3 is 0 Å². The number of aliphatic imine (C=N–C) groups is 1. The summed E-state index contributed by atoms with van der Waals surface area (Å²) in [5.74, 6) is -0.0488. The molecule has 6 heteroatoms. The van der Waals surface area contributed by atoms with Crippen molar-refractivity contribution in [3.05, 3.63) is 82.6 Å². The summed E-state index contributed by atoms with van der Waals surface area (Å²) in [7, 11) is 0. The van der Waals surface area contributed by atoms with E-state index in [0.29, 0.717) is 5.15 Å². The topological polar surface area (TPSA) is 54.4 Å². The highest BCUT2D eigenvalue weighted by Gasteiger charge is 2.16. The fourth-order valence-corrected chi connectivity index (χ4v) is 3.72. The van der Waals surface area contributed by atoms with Gasteiger partial charge in [-0.3, -0.25) is 9.79 Å². The Balaban J connectivity index is 1.72. The molecule has 148 valence electrons. The molecule has 0 spiro atoms. The zero-order valence-corrected chi connectivity index (χ0v) is 18.1. The minimum Gasteiger partial charge on any atom is -0.325 e.